The lowest BCUT2D eigenvalue weighted by Crippen LogP contribution is -2.32. The van der Waals surface area contributed by atoms with Crippen LogP contribution in [0.3, 0.4) is 0 Å². The first-order valence-corrected chi connectivity index (χ1v) is 9.63. The van der Waals surface area contributed by atoms with Gasteiger partial charge in [0, 0.05) is 13.0 Å². The van der Waals surface area contributed by atoms with E-state index in [4.69, 9.17) is 9.84 Å². The molecule has 1 aromatic rings. The normalized spacial score (nSPS) is 18.4. The Balaban J connectivity index is 1.70. The van der Waals surface area contributed by atoms with Gasteiger partial charge in [-0.25, -0.2) is 0 Å². The van der Waals surface area contributed by atoms with Gasteiger partial charge < -0.3 is 15.2 Å². The van der Waals surface area contributed by atoms with Gasteiger partial charge in [-0.3, -0.25) is 14.4 Å². The summed E-state index contributed by atoms with van der Waals surface area (Å²) in [6, 6.07) is 16.2. The van der Waals surface area contributed by atoms with Gasteiger partial charge in [-0.15, -0.1) is 0 Å². The van der Waals surface area contributed by atoms with E-state index in [1.807, 2.05) is 30.3 Å². The Kier molecular flexibility index (Phi) is 8.98. The molecule has 0 spiro atoms. The number of carbonyl (C=O) groups is 3. The lowest BCUT2D eigenvalue weighted by molar-refractivity contribution is -0.143. The van der Waals surface area contributed by atoms with Crippen LogP contribution in [-0.2, 0) is 14.4 Å². The van der Waals surface area contributed by atoms with Crippen molar-refractivity contribution in [1.29, 1.82) is 0 Å². The molecule has 0 atom stereocenters. The number of hydrogen-bond acceptors (Lipinski definition) is 4. The zero-order valence-electron chi connectivity index (χ0n) is 15.9. The summed E-state index contributed by atoms with van der Waals surface area (Å²) in [5.41, 5.74) is 0. The molecule has 0 heterocycles. The summed E-state index contributed by atoms with van der Waals surface area (Å²) in [4.78, 5) is 34.9. The third-order valence-electron chi connectivity index (χ3n) is 4.76. The average molecular weight is 385 g/mol. The fraction of sp³-hybridized carbons (Fsp3) is 0.409. The van der Waals surface area contributed by atoms with Crippen molar-refractivity contribution in [3.8, 4) is 5.75 Å². The van der Waals surface area contributed by atoms with Crippen LogP contribution >= 0.6 is 0 Å². The molecule has 0 saturated heterocycles. The van der Waals surface area contributed by atoms with Gasteiger partial charge in [0.15, 0.2) is 0 Å². The van der Waals surface area contributed by atoms with Crippen molar-refractivity contribution in [2.45, 2.75) is 38.5 Å². The molecule has 0 bridgehead atoms. The van der Waals surface area contributed by atoms with E-state index in [0.717, 1.165) is 12.8 Å². The van der Waals surface area contributed by atoms with Crippen LogP contribution in [-0.4, -0.2) is 29.5 Å². The number of aliphatic carboxylic acids is 1. The van der Waals surface area contributed by atoms with Gasteiger partial charge in [-0.2, -0.15) is 0 Å². The van der Waals surface area contributed by atoms with Crippen LogP contribution in [0.15, 0.2) is 54.6 Å². The van der Waals surface area contributed by atoms with Crippen molar-refractivity contribution in [3.63, 3.8) is 0 Å². The highest BCUT2D eigenvalue weighted by Crippen LogP contribution is 2.28. The number of carboxylic acid groups (broad SMARTS) is 1. The van der Waals surface area contributed by atoms with Gasteiger partial charge in [0.05, 0.1) is 12.3 Å². The second-order valence-electron chi connectivity index (χ2n) is 6.92. The van der Waals surface area contributed by atoms with Crippen molar-refractivity contribution in [1.82, 2.24) is 5.32 Å². The fourth-order valence-electron chi connectivity index (χ4n) is 3.10. The highest BCUT2D eigenvalue weighted by Gasteiger charge is 2.25. The number of carbonyl (C=O) groups excluding carboxylic acids is 2. The van der Waals surface area contributed by atoms with Gasteiger partial charge in [0.25, 0.3) is 0 Å². The first-order valence-electron chi connectivity index (χ1n) is 9.63. The van der Waals surface area contributed by atoms with Gasteiger partial charge in [-0.1, -0.05) is 42.5 Å². The fourth-order valence-corrected chi connectivity index (χ4v) is 3.10. The maximum Gasteiger partial charge on any atom is 0.311 e. The van der Waals surface area contributed by atoms with Crippen molar-refractivity contribution in [2.24, 2.45) is 11.8 Å². The summed E-state index contributed by atoms with van der Waals surface area (Å²) in [6.07, 6.45) is 2.99. The Labute approximate surface area is 165 Å². The van der Waals surface area contributed by atoms with E-state index >= 15 is 0 Å². The number of carboxylic acids is 1. The molecule has 2 N–H and O–H groups in total. The van der Waals surface area contributed by atoms with Crippen LogP contribution in [0.1, 0.15) is 38.5 Å². The predicted octanol–water partition coefficient (Wildman–Crippen LogP) is 3.50. The highest BCUT2D eigenvalue weighted by atomic mass is 16.5. The molecule has 0 aromatic heterocycles. The molecule has 1 aromatic carbocycles. The number of hydrogen-bond donors (Lipinski definition) is 2. The topological polar surface area (TPSA) is 92.7 Å². The quantitative estimate of drug-likeness (QED) is 0.701. The summed E-state index contributed by atoms with van der Waals surface area (Å²) in [5, 5.41) is 11.8. The average Bonchev–Trinajstić information content (AvgIpc) is 2.70. The molecule has 1 aliphatic rings. The van der Waals surface area contributed by atoms with Crippen LogP contribution < -0.4 is 10.1 Å². The first-order chi connectivity index (χ1) is 13.5. The van der Waals surface area contributed by atoms with Crippen molar-refractivity contribution >= 4 is 17.8 Å². The van der Waals surface area contributed by atoms with Crippen molar-refractivity contribution < 1.29 is 24.2 Å². The van der Waals surface area contributed by atoms with E-state index in [-0.39, 0.29) is 24.7 Å². The van der Waals surface area contributed by atoms with Crippen molar-refractivity contribution in [2.75, 3.05) is 6.54 Å². The lowest BCUT2D eigenvalue weighted by atomic mass is 9.82. The minimum Gasteiger partial charge on any atom is -0.481 e. The maximum absolute atomic E-state index is 12.0. The summed E-state index contributed by atoms with van der Waals surface area (Å²) >= 11 is 0. The van der Waals surface area contributed by atoms with Crippen LogP contribution in [0, 0.1) is 11.8 Å². The third-order valence-corrected chi connectivity index (χ3v) is 4.76. The maximum atomic E-state index is 12.0. The highest BCUT2D eigenvalue weighted by molar-refractivity contribution is 5.82. The number of ether oxygens (including phenoxy) is 1. The van der Waals surface area contributed by atoms with Crippen LogP contribution in [0.4, 0.5) is 0 Å². The molecule has 6 heteroatoms. The molecule has 1 fully saturated rings. The Bertz CT molecular complexity index is 699. The molecule has 28 heavy (non-hydrogen) atoms. The summed E-state index contributed by atoms with van der Waals surface area (Å²) in [5.74, 6) is -0.924. The Morgan fingerprint density at radius 1 is 0.893 bits per heavy atom. The summed E-state index contributed by atoms with van der Waals surface area (Å²) < 4.78 is 5.29. The first kappa shape index (κ1) is 21.4. The van der Waals surface area contributed by atoms with E-state index in [1.54, 1.807) is 24.3 Å². The molecule has 150 valence electrons. The molecule has 0 radical (unpaired) electrons. The lowest BCUT2D eigenvalue weighted by Gasteiger charge is -2.26. The number of rotatable bonds is 7. The monoisotopic (exact) mass is 385 g/mol. The van der Waals surface area contributed by atoms with E-state index in [9.17, 15) is 14.4 Å². The van der Waals surface area contributed by atoms with Gasteiger partial charge in [-0.05, 0) is 43.7 Å². The Morgan fingerprint density at radius 3 is 2.04 bits per heavy atom. The number of esters is 1. The summed E-state index contributed by atoms with van der Waals surface area (Å²) in [7, 11) is 0. The zero-order chi connectivity index (χ0) is 20.2. The van der Waals surface area contributed by atoms with Crippen LogP contribution in [0.25, 0.3) is 0 Å². The molecular weight excluding hydrogens is 358 g/mol. The van der Waals surface area contributed by atoms with Gasteiger partial charge >= 0.3 is 11.9 Å². The standard InChI is InChI=1S/C22H27NO5/c24-20(23-16-17-10-12-18(13-11-17)22(26)27)14-15-21(25)28-19-8-6-4-2-1-3-5-7-9-19/h1-9,17-18H,10-16H2,(H,23,24)(H,26,27)/t17-,18-. The Morgan fingerprint density at radius 2 is 1.46 bits per heavy atom. The second-order valence-corrected chi connectivity index (χ2v) is 6.92. The van der Waals surface area contributed by atoms with Gasteiger partial charge in [0.1, 0.15) is 5.75 Å². The Hall–Kier alpha value is -2.89. The molecule has 1 amide bonds. The van der Waals surface area contributed by atoms with Crippen LogP contribution in [0.2, 0.25) is 0 Å². The number of nitrogens with one attached hydrogen (secondary N) is 1. The number of amides is 1. The predicted molar refractivity (Wildman–Crippen MR) is 105 cm³/mol. The van der Waals surface area contributed by atoms with E-state index in [1.165, 1.54) is 0 Å². The SMILES string of the molecule is O=C(CCC(=O)Oc1ccccccccc1)NC[C@H]1CC[C@H](C(=O)O)CC1. The molecular formula is C22H27NO5. The molecule has 2 rings (SSSR count). The van der Waals surface area contributed by atoms with E-state index < -0.39 is 11.9 Å². The second kappa shape index (κ2) is 11.7. The molecule has 0 unspecified atom stereocenters. The summed E-state index contributed by atoms with van der Waals surface area (Å²) in [6.45, 7) is 0.527. The largest absolute Gasteiger partial charge is 0.481 e. The van der Waals surface area contributed by atoms with Gasteiger partial charge in [0.2, 0.25) is 5.91 Å². The minimum absolute atomic E-state index is 0.00221. The van der Waals surface area contributed by atoms with E-state index in [0.29, 0.717) is 31.1 Å². The molecule has 6 nitrogen and oxygen atoms in total. The smallest absolute Gasteiger partial charge is 0.311 e. The van der Waals surface area contributed by atoms with E-state index in [2.05, 4.69) is 5.32 Å². The zero-order valence-corrected chi connectivity index (χ0v) is 15.9. The van der Waals surface area contributed by atoms with Crippen LogP contribution in [0.5, 0.6) is 5.75 Å². The molecule has 1 saturated carbocycles. The van der Waals surface area contributed by atoms with Crippen molar-refractivity contribution in [3.05, 3.63) is 54.6 Å². The molecule has 0 aliphatic heterocycles. The molecule has 1 aliphatic carbocycles. The minimum atomic E-state index is -0.732. The third kappa shape index (κ3) is 8.20.